The number of rotatable bonds is 3. The van der Waals surface area contributed by atoms with Gasteiger partial charge < -0.3 is 14.7 Å². The van der Waals surface area contributed by atoms with Gasteiger partial charge in [-0.25, -0.2) is 0 Å². The number of likely N-dealkylation sites (N-methyl/N-ethyl adjacent to an activating group) is 1. The van der Waals surface area contributed by atoms with Crippen LogP contribution in [0.15, 0.2) is 35.2 Å². The van der Waals surface area contributed by atoms with Gasteiger partial charge in [0.25, 0.3) is 5.91 Å². The monoisotopic (exact) mass is 286 g/mol. The van der Waals surface area contributed by atoms with E-state index >= 15 is 0 Å². The third kappa shape index (κ3) is 2.95. The summed E-state index contributed by atoms with van der Waals surface area (Å²) in [5, 5.41) is 7.03. The Morgan fingerprint density at radius 1 is 1.38 bits per heavy atom. The van der Waals surface area contributed by atoms with E-state index in [9.17, 15) is 4.79 Å². The molecule has 1 aromatic carbocycles. The van der Waals surface area contributed by atoms with Gasteiger partial charge in [0.1, 0.15) is 0 Å². The molecular formula is C15H18N4O2. The lowest BCUT2D eigenvalue weighted by molar-refractivity contribution is 0.0698. The average molecular weight is 286 g/mol. The van der Waals surface area contributed by atoms with Gasteiger partial charge in [-0.3, -0.25) is 4.79 Å². The number of benzene rings is 1. The summed E-state index contributed by atoms with van der Waals surface area (Å²) in [6.45, 7) is 1.59. The quantitative estimate of drug-likeness (QED) is 0.927. The minimum Gasteiger partial charge on any atom is -0.342 e. The molecule has 3 rings (SSSR count). The Bertz CT molecular complexity index is 595. The first kappa shape index (κ1) is 13.8. The van der Waals surface area contributed by atoms with Gasteiger partial charge in [-0.15, -0.1) is 0 Å². The number of carbonyl (C=O) groups excluding carboxylic acids is 1. The Kier molecular flexibility index (Phi) is 3.96. The molecule has 0 radical (unpaired) electrons. The first-order valence-corrected chi connectivity index (χ1v) is 7.11. The number of nitrogens with zero attached hydrogens (tertiary/aromatic N) is 3. The fraction of sp³-hybridized carbons (Fsp3) is 0.400. The number of aromatic nitrogens is 2. The lowest BCUT2D eigenvalue weighted by Crippen LogP contribution is -2.46. The van der Waals surface area contributed by atoms with Crippen LogP contribution in [0.2, 0.25) is 0 Å². The van der Waals surface area contributed by atoms with E-state index < -0.39 is 0 Å². The molecule has 1 aromatic heterocycles. The Hall–Kier alpha value is -2.21. The van der Waals surface area contributed by atoms with Crippen LogP contribution in [0.5, 0.6) is 0 Å². The Labute approximate surface area is 123 Å². The molecule has 1 N–H and O–H groups in total. The Morgan fingerprint density at radius 2 is 2.19 bits per heavy atom. The summed E-state index contributed by atoms with van der Waals surface area (Å²) in [5.41, 5.74) is 1.53. The molecular weight excluding hydrogens is 268 g/mol. The maximum Gasteiger partial charge on any atom is 0.253 e. The van der Waals surface area contributed by atoms with Crippen LogP contribution in [0.1, 0.15) is 23.2 Å². The molecule has 6 heteroatoms. The standard InChI is InChI=1S/C15H18N4O2/c1-16-13-3-2-8-19(9-13)15(20)12-6-4-11(5-7-12)14-17-10-21-18-14/h4-7,10,13,16H,2-3,8-9H2,1H3/t13-/m0/s1. The summed E-state index contributed by atoms with van der Waals surface area (Å²) in [5.74, 6) is 0.608. The molecule has 2 heterocycles. The topological polar surface area (TPSA) is 71.3 Å². The van der Waals surface area contributed by atoms with Crippen molar-refractivity contribution in [3.63, 3.8) is 0 Å². The van der Waals surface area contributed by atoms with Crippen LogP contribution in [-0.4, -0.2) is 47.1 Å². The van der Waals surface area contributed by atoms with Gasteiger partial charge >= 0.3 is 0 Å². The molecule has 0 bridgehead atoms. The van der Waals surface area contributed by atoms with Gasteiger partial charge in [-0.2, -0.15) is 4.98 Å². The van der Waals surface area contributed by atoms with E-state index in [2.05, 4.69) is 15.5 Å². The van der Waals surface area contributed by atoms with Crippen LogP contribution < -0.4 is 5.32 Å². The van der Waals surface area contributed by atoms with E-state index in [1.54, 1.807) is 0 Å². The molecule has 1 amide bonds. The first-order valence-electron chi connectivity index (χ1n) is 7.11. The highest BCUT2D eigenvalue weighted by Gasteiger charge is 2.23. The second-order valence-electron chi connectivity index (χ2n) is 5.21. The minimum atomic E-state index is 0.0783. The highest BCUT2D eigenvalue weighted by molar-refractivity contribution is 5.94. The van der Waals surface area contributed by atoms with Crippen molar-refractivity contribution in [1.82, 2.24) is 20.4 Å². The van der Waals surface area contributed by atoms with Crippen molar-refractivity contribution in [2.45, 2.75) is 18.9 Å². The van der Waals surface area contributed by atoms with Crippen LogP contribution in [0, 0.1) is 0 Å². The maximum absolute atomic E-state index is 12.5. The third-order valence-electron chi connectivity index (χ3n) is 3.87. The zero-order valence-electron chi connectivity index (χ0n) is 12.0. The predicted octanol–water partition coefficient (Wildman–Crippen LogP) is 1.56. The van der Waals surface area contributed by atoms with E-state index in [0.29, 0.717) is 17.4 Å². The molecule has 0 saturated carbocycles. The minimum absolute atomic E-state index is 0.0783. The van der Waals surface area contributed by atoms with Crippen molar-refractivity contribution in [2.75, 3.05) is 20.1 Å². The van der Waals surface area contributed by atoms with Crippen molar-refractivity contribution < 1.29 is 9.32 Å². The average Bonchev–Trinajstić information content (AvgIpc) is 3.09. The van der Waals surface area contributed by atoms with Crippen molar-refractivity contribution in [2.24, 2.45) is 0 Å². The number of carbonyl (C=O) groups is 1. The number of piperidine rings is 1. The van der Waals surface area contributed by atoms with Gasteiger partial charge in [-0.1, -0.05) is 17.3 Å². The molecule has 0 spiro atoms. The molecule has 1 saturated heterocycles. The largest absolute Gasteiger partial charge is 0.342 e. The molecule has 2 aromatic rings. The molecule has 6 nitrogen and oxygen atoms in total. The summed E-state index contributed by atoms with van der Waals surface area (Å²) in [6, 6.07) is 7.71. The molecule has 1 fully saturated rings. The molecule has 0 unspecified atom stereocenters. The van der Waals surface area contributed by atoms with E-state index in [1.807, 2.05) is 36.2 Å². The second-order valence-corrected chi connectivity index (χ2v) is 5.21. The number of hydrogen-bond donors (Lipinski definition) is 1. The van der Waals surface area contributed by atoms with E-state index in [4.69, 9.17) is 4.52 Å². The van der Waals surface area contributed by atoms with Gasteiger partial charge in [0, 0.05) is 30.3 Å². The van der Waals surface area contributed by atoms with Crippen LogP contribution in [0.3, 0.4) is 0 Å². The van der Waals surface area contributed by atoms with E-state index in [-0.39, 0.29) is 5.91 Å². The highest BCUT2D eigenvalue weighted by Crippen LogP contribution is 2.18. The number of likely N-dealkylation sites (tertiary alicyclic amines) is 1. The van der Waals surface area contributed by atoms with Crippen LogP contribution >= 0.6 is 0 Å². The second kappa shape index (κ2) is 6.05. The normalized spacial score (nSPS) is 18.7. The summed E-state index contributed by atoms with van der Waals surface area (Å²) in [4.78, 5) is 18.4. The highest BCUT2D eigenvalue weighted by atomic mass is 16.5. The zero-order chi connectivity index (χ0) is 14.7. The summed E-state index contributed by atoms with van der Waals surface area (Å²) in [7, 11) is 1.94. The summed E-state index contributed by atoms with van der Waals surface area (Å²) >= 11 is 0. The van der Waals surface area contributed by atoms with Gasteiger partial charge in [-0.05, 0) is 32.0 Å². The fourth-order valence-corrected chi connectivity index (χ4v) is 2.64. The van der Waals surface area contributed by atoms with Crippen LogP contribution in [-0.2, 0) is 0 Å². The first-order chi connectivity index (χ1) is 10.3. The lowest BCUT2D eigenvalue weighted by atomic mass is 10.0. The fourth-order valence-electron chi connectivity index (χ4n) is 2.64. The van der Waals surface area contributed by atoms with Gasteiger partial charge in [0.15, 0.2) is 0 Å². The van der Waals surface area contributed by atoms with Crippen LogP contribution in [0.25, 0.3) is 11.4 Å². The SMILES string of the molecule is CN[C@H]1CCCN(C(=O)c2ccc(-c3ncon3)cc2)C1. The lowest BCUT2D eigenvalue weighted by Gasteiger charge is -2.32. The maximum atomic E-state index is 12.5. The number of amides is 1. The summed E-state index contributed by atoms with van der Waals surface area (Å²) < 4.78 is 4.72. The molecule has 1 atom stereocenters. The van der Waals surface area contributed by atoms with E-state index in [0.717, 1.165) is 31.5 Å². The van der Waals surface area contributed by atoms with Crippen molar-refractivity contribution in [1.29, 1.82) is 0 Å². The number of nitrogens with one attached hydrogen (secondary N) is 1. The van der Waals surface area contributed by atoms with E-state index in [1.165, 1.54) is 6.39 Å². The molecule has 110 valence electrons. The molecule has 21 heavy (non-hydrogen) atoms. The van der Waals surface area contributed by atoms with Crippen LogP contribution in [0.4, 0.5) is 0 Å². The Morgan fingerprint density at radius 3 is 2.86 bits per heavy atom. The summed E-state index contributed by atoms with van der Waals surface area (Å²) in [6.07, 6.45) is 3.45. The van der Waals surface area contributed by atoms with Crippen molar-refractivity contribution in [3.8, 4) is 11.4 Å². The van der Waals surface area contributed by atoms with Crippen molar-refractivity contribution in [3.05, 3.63) is 36.2 Å². The molecule has 1 aliphatic heterocycles. The third-order valence-corrected chi connectivity index (χ3v) is 3.87. The smallest absolute Gasteiger partial charge is 0.253 e. The van der Waals surface area contributed by atoms with Gasteiger partial charge in [0.05, 0.1) is 0 Å². The molecule has 1 aliphatic rings. The Balaban J connectivity index is 1.73. The molecule has 0 aliphatic carbocycles. The van der Waals surface area contributed by atoms with Gasteiger partial charge in [0.2, 0.25) is 12.2 Å². The zero-order valence-corrected chi connectivity index (χ0v) is 12.0. The predicted molar refractivity (Wildman–Crippen MR) is 77.7 cm³/mol. The van der Waals surface area contributed by atoms with Crippen molar-refractivity contribution >= 4 is 5.91 Å². The number of hydrogen-bond acceptors (Lipinski definition) is 5.